The Morgan fingerprint density at radius 3 is 2.47 bits per heavy atom. The SMILES string of the molecule is CC1(C)CCCC1NC(=O)CCCCC(=O)O. The Hall–Kier alpha value is -1.06. The number of amides is 1. The van der Waals surface area contributed by atoms with Gasteiger partial charge in [-0.25, -0.2) is 0 Å². The zero-order valence-electron chi connectivity index (χ0n) is 10.8. The Kier molecular flexibility index (Phi) is 4.97. The molecule has 1 saturated carbocycles. The number of carboxylic acid groups (broad SMARTS) is 1. The molecular weight excluding hydrogens is 218 g/mol. The molecule has 4 nitrogen and oxygen atoms in total. The minimum absolute atomic E-state index is 0.0652. The fraction of sp³-hybridized carbons (Fsp3) is 0.846. The van der Waals surface area contributed by atoms with E-state index < -0.39 is 5.97 Å². The van der Waals surface area contributed by atoms with E-state index in [1.807, 2.05) is 0 Å². The zero-order chi connectivity index (χ0) is 12.9. The van der Waals surface area contributed by atoms with Gasteiger partial charge in [-0.3, -0.25) is 9.59 Å². The summed E-state index contributed by atoms with van der Waals surface area (Å²) in [6.07, 6.45) is 5.24. The van der Waals surface area contributed by atoms with E-state index in [0.29, 0.717) is 19.3 Å². The number of hydrogen-bond donors (Lipinski definition) is 2. The molecular formula is C13H23NO3. The molecule has 0 aromatic rings. The molecule has 1 unspecified atom stereocenters. The summed E-state index contributed by atoms with van der Waals surface area (Å²) in [5, 5.41) is 11.5. The lowest BCUT2D eigenvalue weighted by Crippen LogP contribution is -2.41. The van der Waals surface area contributed by atoms with Crippen molar-refractivity contribution < 1.29 is 14.7 Å². The Labute approximate surface area is 103 Å². The molecule has 0 radical (unpaired) electrons. The lowest BCUT2D eigenvalue weighted by molar-refractivity contribution is -0.137. The van der Waals surface area contributed by atoms with E-state index in [1.54, 1.807) is 0 Å². The topological polar surface area (TPSA) is 66.4 Å². The van der Waals surface area contributed by atoms with Crippen molar-refractivity contribution in [1.82, 2.24) is 5.32 Å². The van der Waals surface area contributed by atoms with Crippen LogP contribution in [0.15, 0.2) is 0 Å². The molecule has 0 saturated heterocycles. The van der Waals surface area contributed by atoms with Gasteiger partial charge in [0.25, 0.3) is 0 Å². The molecule has 0 spiro atoms. The Bertz CT molecular complexity index is 286. The number of rotatable bonds is 6. The standard InChI is InChI=1S/C13H23NO3/c1-13(2)9-5-6-10(13)14-11(15)7-3-4-8-12(16)17/h10H,3-9H2,1-2H3,(H,14,15)(H,16,17). The van der Waals surface area contributed by atoms with Gasteiger partial charge in [0, 0.05) is 18.9 Å². The van der Waals surface area contributed by atoms with Crippen LogP contribution in [0.4, 0.5) is 0 Å². The lowest BCUT2D eigenvalue weighted by atomic mass is 9.87. The summed E-state index contributed by atoms with van der Waals surface area (Å²) in [6.45, 7) is 4.38. The molecule has 0 aliphatic heterocycles. The van der Waals surface area contributed by atoms with Crippen LogP contribution in [0.25, 0.3) is 0 Å². The van der Waals surface area contributed by atoms with Crippen molar-refractivity contribution in [3.63, 3.8) is 0 Å². The fourth-order valence-electron chi connectivity index (χ4n) is 2.42. The quantitative estimate of drug-likeness (QED) is 0.701. The van der Waals surface area contributed by atoms with Gasteiger partial charge in [-0.15, -0.1) is 0 Å². The summed E-state index contributed by atoms with van der Waals surface area (Å²) in [4.78, 5) is 22.0. The first kappa shape index (κ1) is 14.0. The first-order valence-corrected chi connectivity index (χ1v) is 6.43. The highest BCUT2D eigenvalue weighted by Gasteiger charge is 2.35. The van der Waals surface area contributed by atoms with E-state index in [1.165, 1.54) is 6.42 Å². The normalized spacial score (nSPS) is 22.4. The second kappa shape index (κ2) is 6.03. The number of carbonyl (C=O) groups is 2. The third-order valence-electron chi connectivity index (χ3n) is 3.64. The maximum atomic E-state index is 11.7. The van der Waals surface area contributed by atoms with Crippen molar-refractivity contribution in [1.29, 1.82) is 0 Å². The summed E-state index contributed by atoms with van der Waals surface area (Å²) in [6, 6.07) is 0.287. The van der Waals surface area contributed by atoms with Gasteiger partial charge in [0.2, 0.25) is 5.91 Å². The molecule has 0 bridgehead atoms. The van der Waals surface area contributed by atoms with E-state index >= 15 is 0 Å². The molecule has 2 N–H and O–H groups in total. The van der Waals surface area contributed by atoms with Crippen molar-refractivity contribution in [3.05, 3.63) is 0 Å². The van der Waals surface area contributed by atoms with E-state index in [9.17, 15) is 9.59 Å². The van der Waals surface area contributed by atoms with Crippen LogP contribution in [0.1, 0.15) is 58.8 Å². The second-order valence-corrected chi connectivity index (χ2v) is 5.60. The summed E-state index contributed by atoms with van der Waals surface area (Å²) in [5.41, 5.74) is 0.205. The Balaban J connectivity index is 2.19. The summed E-state index contributed by atoms with van der Waals surface area (Å²) in [5.74, 6) is -0.724. The van der Waals surface area contributed by atoms with Crippen LogP contribution in [0.3, 0.4) is 0 Å². The number of carbonyl (C=O) groups excluding carboxylic acids is 1. The lowest BCUT2D eigenvalue weighted by Gasteiger charge is -2.27. The van der Waals surface area contributed by atoms with Crippen molar-refractivity contribution in [2.75, 3.05) is 0 Å². The van der Waals surface area contributed by atoms with Crippen LogP contribution in [-0.2, 0) is 9.59 Å². The van der Waals surface area contributed by atoms with E-state index in [0.717, 1.165) is 12.8 Å². The highest BCUT2D eigenvalue weighted by Crippen LogP contribution is 2.37. The largest absolute Gasteiger partial charge is 0.481 e. The molecule has 1 atom stereocenters. The van der Waals surface area contributed by atoms with Crippen LogP contribution in [-0.4, -0.2) is 23.0 Å². The van der Waals surface area contributed by atoms with Gasteiger partial charge >= 0.3 is 5.97 Å². The molecule has 4 heteroatoms. The molecule has 0 aromatic heterocycles. The minimum Gasteiger partial charge on any atom is -0.481 e. The predicted octanol–water partition coefficient (Wildman–Crippen LogP) is 2.33. The molecule has 98 valence electrons. The summed E-state index contributed by atoms with van der Waals surface area (Å²) in [7, 11) is 0. The van der Waals surface area contributed by atoms with Gasteiger partial charge in [0.15, 0.2) is 0 Å². The van der Waals surface area contributed by atoms with Gasteiger partial charge in [-0.05, 0) is 31.1 Å². The summed E-state index contributed by atoms with van der Waals surface area (Å²) < 4.78 is 0. The van der Waals surface area contributed by atoms with Crippen molar-refractivity contribution in [3.8, 4) is 0 Å². The molecule has 1 aliphatic carbocycles. The second-order valence-electron chi connectivity index (χ2n) is 5.60. The van der Waals surface area contributed by atoms with E-state index in [-0.39, 0.29) is 23.8 Å². The van der Waals surface area contributed by atoms with Gasteiger partial charge < -0.3 is 10.4 Å². The van der Waals surface area contributed by atoms with Crippen LogP contribution in [0.5, 0.6) is 0 Å². The number of aliphatic carboxylic acids is 1. The number of nitrogens with one attached hydrogen (secondary N) is 1. The van der Waals surface area contributed by atoms with Crippen LogP contribution in [0.2, 0.25) is 0 Å². The first-order valence-electron chi connectivity index (χ1n) is 6.43. The molecule has 1 amide bonds. The highest BCUT2D eigenvalue weighted by molar-refractivity contribution is 5.76. The highest BCUT2D eigenvalue weighted by atomic mass is 16.4. The average Bonchev–Trinajstić information content (AvgIpc) is 2.53. The van der Waals surface area contributed by atoms with Crippen molar-refractivity contribution in [2.24, 2.45) is 5.41 Å². The predicted molar refractivity (Wildman–Crippen MR) is 65.7 cm³/mol. The number of hydrogen-bond acceptors (Lipinski definition) is 2. The molecule has 17 heavy (non-hydrogen) atoms. The molecule has 1 fully saturated rings. The first-order chi connectivity index (χ1) is 7.92. The van der Waals surface area contributed by atoms with Gasteiger partial charge in [0.1, 0.15) is 0 Å². The van der Waals surface area contributed by atoms with Gasteiger partial charge in [-0.1, -0.05) is 20.3 Å². The monoisotopic (exact) mass is 241 g/mol. The molecule has 1 rings (SSSR count). The molecule has 0 aromatic carbocycles. The Morgan fingerprint density at radius 1 is 1.29 bits per heavy atom. The number of carboxylic acids is 1. The summed E-state index contributed by atoms with van der Waals surface area (Å²) >= 11 is 0. The van der Waals surface area contributed by atoms with E-state index in [2.05, 4.69) is 19.2 Å². The van der Waals surface area contributed by atoms with Gasteiger partial charge in [0.05, 0.1) is 0 Å². The van der Waals surface area contributed by atoms with Gasteiger partial charge in [-0.2, -0.15) is 0 Å². The third kappa shape index (κ3) is 4.75. The zero-order valence-corrected chi connectivity index (χ0v) is 10.8. The molecule has 1 aliphatic rings. The third-order valence-corrected chi connectivity index (χ3v) is 3.64. The van der Waals surface area contributed by atoms with Crippen LogP contribution in [0, 0.1) is 5.41 Å². The van der Waals surface area contributed by atoms with E-state index in [4.69, 9.17) is 5.11 Å². The minimum atomic E-state index is -0.790. The maximum absolute atomic E-state index is 11.7. The van der Waals surface area contributed by atoms with Crippen LogP contribution < -0.4 is 5.32 Å². The average molecular weight is 241 g/mol. The smallest absolute Gasteiger partial charge is 0.303 e. The van der Waals surface area contributed by atoms with Crippen LogP contribution >= 0.6 is 0 Å². The van der Waals surface area contributed by atoms with Crippen molar-refractivity contribution >= 4 is 11.9 Å². The molecule has 0 heterocycles. The fourth-order valence-corrected chi connectivity index (χ4v) is 2.42. The maximum Gasteiger partial charge on any atom is 0.303 e. The van der Waals surface area contributed by atoms with Crippen molar-refractivity contribution in [2.45, 2.75) is 64.8 Å². The number of unbranched alkanes of at least 4 members (excludes halogenated alkanes) is 1. The Morgan fingerprint density at radius 2 is 1.94 bits per heavy atom.